The van der Waals surface area contributed by atoms with Crippen LogP contribution in [0.1, 0.15) is 86.0 Å². The van der Waals surface area contributed by atoms with Crippen molar-refractivity contribution in [3.05, 3.63) is 58.2 Å². The molecule has 0 aromatic heterocycles. The van der Waals surface area contributed by atoms with Crippen LogP contribution < -0.4 is 0 Å². The highest BCUT2D eigenvalue weighted by molar-refractivity contribution is 5.85. The fourth-order valence-electron chi connectivity index (χ4n) is 2.81. The molecule has 0 fully saturated rings. The monoisotopic (exact) mass is 388 g/mol. The van der Waals surface area contributed by atoms with E-state index in [9.17, 15) is 4.79 Å². The van der Waals surface area contributed by atoms with Crippen LogP contribution in [0, 0.1) is 0 Å². The van der Waals surface area contributed by atoms with Crippen LogP contribution in [0.4, 0.5) is 0 Å². The minimum absolute atomic E-state index is 0.134. The van der Waals surface area contributed by atoms with Gasteiger partial charge in [-0.1, -0.05) is 52.7 Å². The summed E-state index contributed by atoms with van der Waals surface area (Å²) < 4.78 is 0. The van der Waals surface area contributed by atoms with Gasteiger partial charge in [-0.2, -0.15) is 0 Å². The molecule has 0 amide bonds. The van der Waals surface area contributed by atoms with Gasteiger partial charge in [0, 0.05) is 5.57 Å². The summed E-state index contributed by atoms with van der Waals surface area (Å²) in [6.45, 7) is 10.4. The summed E-state index contributed by atoms with van der Waals surface area (Å²) in [6.07, 6.45) is 18.7. The van der Waals surface area contributed by atoms with Gasteiger partial charge in [0.05, 0.1) is 6.61 Å². The first-order valence-electron chi connectivity index (χ1n) is 10.4. The first-order chi connectivity index (χ1) is 13.3. The van der Waals surface area contributed by atoms with Gasteiger partial charge in [-0.3, -0.25) is 0 Å². The van der Waals surface area contributed by atoms with E-state index < -0.39 is 5.97 Å². The second kappa shape index (κ2) is 16.1. The Morgan fingerprint density at radius 3 is 1.25 bits per heavy atom. The number of hydrogen-bond donors (Lipinski definition) is 2. The van der Waals surface area contributed by atoms with E-state index in [1.165, 1.54) is 22.3 Å². The molecule has 0 aromatic carbocycles. The number of carbonyl (C=O) groups is 1. The van der Waals surface area contributed by atoms with E-state index in [1.54, 1.807) is 13.0 Å². The summed E-state index contributed by atoms with van der Waals surface area (Å²) in [5, 5.41) is 17.7. The van der Waals surface area contributed by atoms with Crippen molar-refractivity contribution in [1.29, 1.82) is 0 Å². The summed E-state index contributed by atoms with van der Waals surface area (Å²) in [4.78, 5) is 10.8. The van der Waals surface area contributed by atoms with Gasteiger partial charge in [-0.15, -0.1) is 0 Å². The lowest BCUT2D eigenvalue weighted by Crippen LogP contribution is -1.95. The van der Waals surface area contributed by atoms with Gasteiger partial charge in [0.1, 0.15) is 0 Å². The molecule has 0 spiro atoms. The summed E-state index contributed by atoms with van der Waals surface area (Å²) in [7, 11) is 0. The van der Waals surface area contributed by atoms with Gasteiger partial charge in [-0.25, -0.2) is 4.79 Å². The second-order valence-corrected chi connectivity index (χ2v) is 7.73. The van der Waals surface area contributed by atoms with E-state index in [0.717, 1.165) is 51.4 Å². The molecule has 0 aliphatic rings. The molecule has 0 aliphatic carbocycles. The van der Waals surface area contributed by atoms with Crippen LogP contribution in [0.3, 0.4) is 0 Å². The molecule has 158 valence electrons. The van der Waals surface area contributed by atoms with Gasteiger partial charge < -0.3 is 10.2 Å². The standard InChI is InChI=1S/C25H40O3/c1-20(10-6-11-21(2)14-8-15-23(4)18-19-26)12-7-13-22(3)16-9-17-24(5)25(27)28/h10,13-14,17-18,26H,6-9,11-12,15-16,19H2,1-5H3,(H,27,28)/b20-10+,21-14+,22-13+,23-18+,24-17+. The molecule has 0 aliphatic heterocycles. The van der Waals surface area contributed by atoms with Gasteiger partial charge in [0.15, 0.2) is 0 Å². The predicted octanol–water partition coefficient (Wildman–Crippen LogP) is 6.92. The molecule has 28 heavy (non-hydrogen) atoms. The normalized spacial score (nSPS) is 14.6. The molecule has 0 saturated heterocycles. The zero-order chi connectivity index (χ0) is 21.4. The SMILES string of the molecule is C/C(=C\CO)CC/C=C(\C)CC/C=C(\C)CC/C=C(\C)CC/C=C(\C)C(=O)O. The van der Waals surface area contributed by atoms with Crippen molar-refractivity contribution in [3.8, 4) is 0 Å². The van der Waals surface area contributed by atoms with E-state index >= 15 is 0 Å². The van der Waals surface area contributed by atoms with Crippen LogP contribution in [-0.4, -0.2) is 22.8 Å². The predicted molar refractivity (Wildman–Crippen MR) is 120 cm³/mol. The summed E-state index contributed by atoms with van der Waals surface area (Å²) in [6, 6.07) is 0. The smallest absolute Gasteiger partial charge is 0.330 e. The van der Waals surface area contributed by atoms with E-state index in [1.807, 2.05) is 6.08 Å². The zero-order valence-electron chi connectivity index (χ0n) is 18.6. The summed E-state index contributed by atoms with van der Waals surface area (Å²) >= 11 is 0. The molecule has 0 rings (SSSR count). The minimum Gasteiger partial charge on any atom is -0.478 e. The van der Waals surface area contributed by atoms with Crippen molar-refractivity contribution in [3.63, 3.8) is 0 Å². The molecule has 2 N–H and O–H groups in total. The topological polar surface area (TPSA) is 57.5 Å². The number of carboxylic acid groups (broad SMARTS) is 1. The van der Waals surface area contributed by atoms with Crippen molar-refractivity contribution in [2.24, 2.45) is 0 Å². The minimum atomic E-state index is -0.832. The Balaban J connectivity index is 4.10. The Labute approximate surface area is 172 Å². The third-order valence-electron chi connectivity index (χ3n) is 4.86. The maximum Gasteiger partial charge on any atom is 0.330 e. The molecule has 0 heterocycles. The van der Waals surface area contributed by atoms with E-state index in [4.69, 9.17) is 10.2 Å². The first kappa shape index (κ1) is 26.1. The van der Waals surface area contributed by atoms with Crippen LogP contribution in [0.25, 0.3) is 0 Å². The Morgan fingerprint density at radius 2 is 0.929 bits per heavy atom. The highest BCUT2D eigenvalue weighted by Gasteiger charge is 1.98. The first-order valence-corrected chi connectivity index (χ1v) is 10.4. The van der Waals surface area contributed by atoms with Crippen molar-refractivity contribution in [2.75, 3.05) is 6.61 Å². The van der Waals surface area contributed by atoms with Gasteiger partial charge >= 0.3 is 5.97 Å². The molecule has 0 saturated carbocycles. The van der Waals surface area contributed by atoms with Crippen molar-refractivity contribution < 1.29 is 15.0 Å². The van der Waals surface area contributed by atoms with E-state index in [2.05, 4.69) is 45.9 Å². The average Bonchev–Trinajstić information content (AvgIpc) is 2.61. The van der Waals surface area contributed by atoms with Gasteiger partial charge in [-0.05, 0) is 86.0 Å². The van der Waals surface area contributed by atoms with Crippen molar-refractivity contribution in [2.45, 2.75) is 86.0 Å². The maximum atomic E-state index is 10.8. The van der Waals surface area contributed by atoms with Crippen LogP contribution in [0.15, 0.2) is 58.2 Å². The average molecular weight is 389 g/mol. The number of rotatable bonds is 14. The quantitative estimate of drug-likeness (QED) is 0.251. The zero-order valence-corrected chi connectivity index (χ0v) is 18.6. The maximum absolute atomic E-state index is 10.8. The number of aliphatic hydroxyl groups excluding tert-OH is 1. The highest BCUT2D eigenvalue weighted by Crippen LogP contribution is 2.14. The lowest BCUT2D eigenvalue weighted by molar-refractivity contribution is -0.132. The number of carboxylic acids is 1. The number of aliphatic hydroxyl groups is 1. The Bertz CT molecular complexity index is 616. The van der Waals surface area contributed by atoms with E-state index in [-0.39, 0.29) is 6.61 Å². The highest BCUT2D eigenvalue weighted by atomic mass is 16.4. The molecule has 0 radical (unpaired) electrons. The summed E-state index contributed by atoms with van der Waals surface area (Å²) in [5.41, 5.74) is 5.86. The Hall–Kier alpha value is -1.87. The molecule has 0 atom stereocenters. The van der Waals surface area contributed by atoms with E-state index in [0.29, 0.717) is 5.57 Å². The van der Waals surface area contributed by atoms with Gasteiger partial charge in [0.2, 0.25) is 0 Å². The van der Waals surface area contributed by atoms with Crippen LogP contribution in [0.2, 0.25) is 0 Å². The summed E-state index contributed by atoms with van der Waals surface area (Å²) in [5.74, 6) is -0.832. The number of hydrogen-bond acceptors (Lipinski definition) is 2. The molecule has 0 aromatic rings. The number of allylic oxidation sites excluding steroid dienone is 8. The van der Waals surface area contributed by atoms with Crippen molar-refractivity contribution in [1.82, 2.24) is 0 Å². The van der Waals surface area contributed by atoms with Crippen LogP contribution in [-0.2, 0) is 4.79 Å². The number of aliphatic carboxylic acids is 1. The van der Waals surface area contributed by atoms with Crippen LogP contribution in [0.5, 0.6) is 0 Å². The largest absolute Gasteiger partial charge is 0.478 e. The fourth-order valence-corrected chi connectivity index (χ4v) is 2.81. The van der Waals surface area contributed by atoms with Crippen LogP contribution >= 0.6 is 0 Å². The third kappa shape index (κ3) is 15.2. The Morgan fingerprint density at radius 1 is 0.607 bits per heavy atom. The molecule has 3 heteroatoms. The fraction of sp³-hybridized carbons (Fsp3) is 0.560. The third-order valence-corrected chi connectivity index (χ3v) is 4.86. The lowest BCUT2D eigenvalue weighted by Gasteiger charge is -2.03. The lowest BCUT2D eigenvalue weighted by atomic mass is 10.0. The van der Waals surface area contributed by atoms with Crippen molar-refractivity contribution >= 4 is 5.97 Å². The molecular formula is C25H40O3. The molecule has 0 bridgehead atoms. The molecule has 3 nitrogen and oxygen atoms in total. The van der Waals surface area contributed by atoms with Gasteiger partial charge in [0.25, 0.3) is 0 Å². The Kier molecular flexibility index (Phi) is 15.0. The molecular weight excluding hydrogens is 348 g/mol. The molecule has 0 unspecified atom stereocenters. The second-order valence-electron chi connectivity index (χ2n) is 7.73.